The highest BCUT2D eigenvalue weighted by molar-refractivity contribution is 6.30. The number of carbonyl (C=O) groups excluding carboxylic acids is 3. The van der Waals surface area contributed by atoms with Gasteiger partial charge in [0.25, 0.3) is 11.6 Å². The van der Waals surface area contributed by atoms with Crippen LogP contribution in [0.2, 0.25) is 0 Å². The van der Waals surface area contributed by atoms with E-state index in [1.54, 1.807) is 36.4 Å². The summed E-state index contributed by atoms with van der Waals surface area (Å²) >= 11 is 0. The number of para-hydroxylation sites is 1. The fraction of sp³-hybridized carbons (Fsp3) is 0.400. The minimum absolute atomic E-state index is 0.0153. The molecule has 9 heteroatoms. The van der Waals surface area contributed by atoms with Crippen LogP contribution < -0.4 is 15.1 Å². The molecular formula is C25H28N4O5. The van der Waals surface area contributed by atoms with Crippen LogP contribution in [0.3, 0.4) is 0 Å². The smallest absolute Gasteiger partial charge is 0.335 e. The van der Waals surface area contributed by atoms with Crippen LogP contribution in [0.1, 0.15) is 45.1 Å². The van der Waals surface area contributed by atoms with Gasteiger partial charge in [-0.3, -0.25) is 25.0 Å². The molecule has 0 saturated carbocycles. The summed E-state index contributed by atoms with van der Waals surface area (Å²) in [5.41, 5.74) is 0.0424. The number of nitro benzene ring substituents is 1. The van der Waals surface area contributed by atoms with Crippen molar-refractivity contribution in [1.82, 2.24) is 5.32 Å². The van der Waals surface area contributed by atoms with Gasteiger partial charge in [0.15, 0.2) is 5.41 Å². The van der Waals surface area contributed by atoms with E-state index in [0.717, 1.165) is 29.8 Å². The van der Waals surface area contributed by atoms with Crippen molar-refractivity contribution in [2.45, 2.75) is 52.0 Å². The van der Waals surface area contributed by atoms with Gasteiger partial charge in [0.2, 0.25) is 5.91 Å². The van der Waals surface area contributed by atoms with Crippen LogP contribution in [0.5, 0.6) is 0 Å². The maximum absolute atomic E-state index is 14.1. The van der Waals surface area contributed by atoms with E-state index in [9.17, 15) is 24.5 Å². The molecule has 1 spiro atoms. The number of nitrogens with zero attached hydrogens (tertiary/aromatic N) is 3. The number of carbonyl (C=O) groups is 3. The first kappa shape index (κ1) is 23.4. The third kappa shape index (κ3) is 3.70. The Labute approximate surface area is 197 Å². The molecule has 4 rings (SSSR count). The fourth-order valence-electron chi connectivity index (χ4n) is 5.15. The zero-order valence-electron chi connectivity index (χ0n) is 19.3. The minimum Gasteiger partial charge on any atom is -0.367 e. The van der Waals surface area contributed by atoms with E-state index in [4.69, 9.17) is 0 Å². The number of anilines is 2. The molecule has 2 aromatic rings. The molecule has 1 fully saturated rings. The van der Waals surface area contributed by atoms with Crippen molar-refractivity contribution in [3.05, 3.63) is 64.2 Å². The quantitative estimate of drug-likeness (QED) is 0.373. The Morgan fingerprint density at radius 3 is 2.47 bits per heavy atom. The molecule has 4 amide bonds. The molecule has 0 bridgehead atoms. The number of rotatable bonds is 7. The van der Waals surface area contributed by atoms with Gasteiger partial charge in [0, 0.05) is 30.8 Å². The number of imide groups is 2. The molecule has 2 atom stereocenters. The maximum atomic E-state index is 14.1. The van der Waals surface area contributed by atoms with Crippen LogP contribution in [0.15, 0.2) is 48.5 Å². The molecule has 9 nitrogen and oxygen atoms in total. The van der Waals surface area contributed by atoms with Crippen LogP contribution in [0.25, 0.3) is 0 Å². The molecule has 2 aliphatic heterocycles. The summed E-state index contributed by atoms with van der Waals surface area (Å²) in [6.07, 6.45) is 2.98. The van der Waals surface area contributed by atoms with Gasteiger partial charge >= 0.3 is 6.03 Å². The average molecular weight is 465 g/mol. The summed E-state index contributed by atoms with van der Waals surface area (Å²) in [5.74, 6) is -1.24. The first-order chi connectivity index (χ1) is 16.3. The fourth-order valence-corrected chi connectivity index (χ4v) is 5.15. The largest absolute Gasteiger partial charge is 0.367 e. The molecular weight excluding hydrogens is 436 g/mol. The molecule has 2 heterocycles. The predicted octanol–water partition coefficient (Wildman–Crippen LogP) is 4.20. The van der Waals surface area contributed by atoms with Gasteiger partial charge in [-0.05, 0) is 36.6 Å². The Balaban J connectivity index is 1.91. The monoisotopic (exact) mass is 464 g/mol. The summed E-state index contributed by atoms with van der Waals surface area (Å²) in [7, 11) is 0. The normalized spacial score (nSPS) is 22.1. The number of hydrogen-bond donors (Lipinski definition) is 1. The maximum Gasteiger partial charge on any atom is 0.335 e. The molecule has 178 valence electrons. The molecule has 2 aliphatic rings. The van der Waals surface area contributed by atoms with E-state index in [1.165, 1.54) is 12.1 Å². The Bertz CT molecular complexity index is 1140. The number of nitrogens with one attached hydrogen (secondary N) is 1. The Morgan fingerprint density at radius 2 is 1.82 bits per heavy atom. The van der Waals surface area contributed by atoms with Crippen LogP contribution in [0.4, 0.5) is 21.9 Å². The van der Waals surface area contributed by atoms with E-state index in [0.29, 0.717) is 24.2 Å². The van der Waals surface area contributed by atoms with Crippen LogP contribution in [-0.4, -0.2) is 35.4 Å². The first-order valence-corrected chi connectivity index (χ1v) is 11.6. The van der Waals surface area contributed by atoms with Crippen molar-refractivity contribution in [1.29, 1.82) is 0 Å². The number of barbiturate groups is 1. The lowest BCUT2D eigenvalue weighted by Crippen LogP contribution is -2.72. The SMILES string of the molecule is CCCCN1c2ccc([N+](=O)[O-])cc2C[C@]2(C(=O)NC(=O)N(c3ccccc3)C2=O)[C@H]1CCC. The Morgan fingerprint density at radius 1 is 1.09 bits per heavy atom. The first-order valence-electron chi connectivity index (χ1n) is 11.6. The summed E-state index contributed by atoms with van der Waals surface area (Å²) < 4.78 is 0. The van der Waals surface area contributed by atoms with Crippen molar-refractivity contribution >= 4 is 34.9 Å². The van der Waals surface area contributed by atoms with Gasteiger partial charge in [0.1, 0.15) is 0 Å². The van der Waals surface area contributed by atoms with Crippen molar-refractivity contribution in [3.63, 3.8) is 0 Å². The lowest BCUT2D eigenvalue weighted by molar-refractivity contribution is -0.384. The highest BCUT2D eigenvalue weighted by Crippen LogP contribution is 2.47. The number of nitro groups is 1. The molecule has 1 saturated heterocycles. The third-order valence-electron chi connectivity index (χ3n) is 6.74. The number of fused-ring (bicyclic) bond motifs is 1. The van der Waals surface area contributed by atoms with Gasteiger partial charge in [-0.1, -0.05) is 44.9 Å². The molecule has 0 aromatic heterocycles. The van der Waals surface area contributed by atoms with Gasteiger partial charge in [0.05, 0.1) is 16.7 Å². The van der Waals surface area contributed by atoms with Crippen LogP contribution in [-0.2, 0) is 16.0 Å². The topological polar surface area (TPSA) is 113 Å². The second kappa shape index (κ2) is 9.24. The summed E-state index contributed by atoms with van der Waals surface area (Å²) in [6, 6.07) is 11.8. The molecule has 0 aliphatic carbocycles. The summed E-state index contributed by atoms with van der Waals surface area (Å²) in [6.45, 7) is 4.63. The van der Waals surface area contributed by atoms with Gasteiger partial charge < -0.3 is 4.90 Å². The van der Waals surface area contributed by atoms with Gasteiger partial charge in [-0.25, -0.2) is 9.69 Å². The van der Waals surface area contributed by atoms with Crippen molar-refractivity contribution in [3.8, 4) is 0 Å². The summed E-state index contributed by atoms with van der Waals surface area (Å²) in [5, 5.41) is 13.9. The molecule has 0 unspecified atom stereocenters. The number of non-ortho nitro benzene ring substituents is 1. The highest BCUT2D eigenvalue weighted by Gasteiger charge is 2.62. The van der Waals surface area contributed by atoms with Crippen LogP contribution >= 0.6 is 0 Å². The van der Waals surface area contributed by atoms with Crippen molar-refractivity contribution < 1.29 is 19.3 Å². The van der Waals surface area contributed by atoms with E-state index in [-0.39, 0.29) is 12.1 Å². The average Bonchev–Trinajstić information content (AvgIpc) is 2.82. The zero-order chi connectivity index (χ0) is 24.5. The van der Waals surface area contributed by atoms with E-state index in [2.05, 4.69) is 12.2 Å². The summed E-state index contributed by atoms with van der Waals surface area (Å²) in [4.78, 5) is 54.6. The standard InChI is InChI=1S/C25H28N4O5/c1-3-5-14-27-20-13-12-19(29(33)34)15-17(20)16-25(21(27)9-4-2)22(30)26-24(32)28(23(25)31)18-10-7-6-8-11-18/h6-8,10-13,15,21H,3-5,9,14,16H2,1-2H3,(H,26,30,32)/t21-,25-/m1/s1. The van der Waals surface area contributed by atoms with E-state index in [1.807, 2.05) is 11.8 Å². The van der Waals surface area contributed by atoms with Crippen molar-refractivity contribution in [2.24, 2.45) is 5.41 Å². The minimum atomic E-state index is -1.59. The van der Waals surface area contributed by atoms with E-state index >= 15 is 0 Å². The van der Waals surface area contributed by atoms with Crippen molar-refractivity contribution in [2.75, 3.05) is 16.3 Å². The van der Waals surface area contributed by atoms with E-state index < -0.39 is 34.2 Å². The lowest BCUT2D eigenvalue weighted by Gasteiger charge is -2.52. The Hall–Kier alpha value is -3.75. The zero-order valence-corrected chi connectivity index (χ0v) is 19.3. The van der Waals surface area contributed by atoms with Gasteiger partial charge in [-0.2, -0.15) is 0 Å². The number of hydrogen-bond acceptors (Lipinski definition) is 6. The second-order valence-electron chi connectivity index (χ2n) is 8.81. The highest BCUT2D eigenvalue weighted by atomic mass is 16.6. The van der Waals surface area contributed by atoms with Gasteiger partial charge in [-0.15, -0.1) is 0 Å². The number of urea groups is 1. The lowest BCUT2D eigenvalue weighted by atomic mass is 9.67. The van der Waals surface area contributed by atoms with Crippen LogP contribution in [0, 0.1) is 15.5 Å². The number of unbranched alkanes of at least 4 members (excludes halogenated alkanes) is 1. The molecule has 0 radical (unpaired) electrons. The second-order valence-corrected chi connectivity index (χ2v) is 8.81. The molecule has 1 N–H and O–H groups in total. The molecule has 2 aromatic carbocycles. The number of amides is 4. The Kier molecular flexibility index (Phi) is 6.37. The molecule has 34 heavy (non-hydrogen) atoms. The number of benzene rings is 2. The predicted molar refractivity (Wildman–Crippen MR) is 128 cm³/mol. The third-order valence-corrected chi connectivity index (χ3v) is 6.74.